The first kappa shape index (κ1) is 16.2. The first-order valence-electron chi connectivity index (χ1n) is 7.11. The van der Waals surface area contributed by atoms with Crippen LogP contribution in [-0.4, -0.2) is 17.9 Å². The molecule has 3 N–H and O–H groups in total. The largest absolute Gasteiger partial charge is 0.366 e. The van der Waals surface area contributed by atoms with Gasteiger partial charge in [0.25, 0.3) is 5.91 Å². The molecule has 0 saturated carbocycles. The van der Waals surface area contributed by atoms with Gasteiger partial charge in [-0.05, 0) is 43.5 Å². The average molecular weight is 276 g/mol. The monoisotopic (exact) mass is 276 g/mol. The minimum absolute atomic E-state index is 0.113. The van der Waals surface area contributed by atoms with E-state index in [9.17, 15) is 9.59 Å². The van der Waals surface area contributed by atoms with Crippen LogP contribution in [0.25, 0.3) is 0 Å². The van der Waals surface area contributed by atoms with Crippen molar-refractivity contribution in [3.8, 4) is 0 Å². The van der Waals surface area contributed by atoms with E-state index in [1.54, 1.807) is 24.3 Å². The SMILES string of the molecule is CC(C)CCCC(C)NC(=O)c1ccc(C(N)=O)cc1. The fourth-order valence-electron chi connectivity index (χ4n) is 2.00. The molecule has 0 bridgehead atoms. The van der Waals surface area contributed by atoms with Gasteiger partial charge in [0.2, 0.25) is 5.91 Å². The molecule has 0 radical (unpaired) electrons. The fraction of sp³-hybridized carbons (Fsp3) is 0.500. The molecule has 0 aliphatic heterocycles. The number of hydrogen-bond donors (Lipinski definition) is 2. The van der Waals surface area contributed by atoms with E-state index in [1.807, 2.05) is 6.92 Å². The standard InChI is InChI=1S/C16H24N2O2/c1-11(2)5-4-6-12(3)18-16(20)14-9-7-13(8-10-14)15(17)19/h7-12H,4-6H2,1-3H3,(H2,17,19)(H,18,20). The van der Waals surface area contributed by atoms with E-state index in [0.717, 1.165) is 12.8 Å². The van der Waals surface area contributed by atoms with Gasteiger partial charge in [0.15, 0.2) is 0 Å². The number of primary amides is 1. The van der Waals surface area contributed by atoms with Crippen LogP contribution in [0.2, 0.25) is 0 Å². The molecule has 0 aliphatic rings. The number of nitrogens with one attached hydrogen (secondary N) is 1. The number of carbonyl (C=O) groups is 2. The van der Waals surface area contributed by atoms with E-state index in [4.69, 9.17) is 5.73 Å². The first-order valence-corrected chi connectivity index (χ1v) is 7.11. The molecule has 110 valence electrons. The summed E-state index contributed by atoms with van der Waals surface area (Å²) in [6.07, 6.45) is 3.26. The van der Waals surface area contributed by atoms with Gasteiger partial charge in [-0.25, -0.2) is 0 Å². The summed E-state index contributed by atoms with van der Waals surface area (Å²) in [5, 5.41) is 2.96. The van der Waals surface area contributed by atoms with Crippen molar-refractivity contribution in [2.45, 2.75) is 46.1 Å². The van der Waals surface area contributed by atoms with Crippen molar-refractivity contribution in [1.29, 1.82) is 0 Å². The summed E-state index contributed by atoms with van der Waals surface area (Å²) in [5.74, 6) is 0.0938. The van der Waals surface area contributed by atoms with E-state index >= 15 is 0 Å². The lowest BCUT2D eigenvalue weighted by atomic mass is 10.0. The summed E-state index contributed by atoms with van der Waals surface area (Å²) in [5.41, 5.74) is 6.12. The Kier molecular flexibility index (Phi) is 6.22. The Morgan fingerprint density at radius 3 is 2.10 bits per heavy atom. The van der Waals surface area contributed by atoms with Crippen molar-refractivity contribution >= 4 is 11.8 Å². The number of rotatable bonds is 7. The van der Waals surface area contributed by atoms with Crippen LogP contribution >= 0.6 is 0 Å². The lowest BCUT2D eigenvalue weighted by Crippen LogP contribution is -2.32. The van der Waals surface area contributed by atoms with E-state index in [2.05, 4.69) is 19.2 Å². The smallest absolute Gasteiger partial charge is 0.251 e. The zero-order chi connectivity index (χ0) is 15.1. The summed E-state index contributed by atoms with van der Waals surface area (Å²) in [6.45, 7) is 6.41. The van der Waals surface area contributed by atoms with Crippen LogP contribution in [0, 0.1) is 5.92 Å². The molecule has 2 amide bonds. The molecular formula is C16H24N2O2. The van der Waals surface area contributed by atoms with Crippen molar-refractivity contribution in [3.63, 3.8) is 0 Å². The maximum Gasteiger partial charge on any atom is 0.251 e. The van der Waals surface area contributed by atoms with Crippen molar-refractivity contribution in [1.82, 2.24) is 5.32 Å². The Balaban J connectivity index is 2.47. The van der Waals surface area contributed by atoms with Gasteiger partial charge >= 0.3 is 0 Å². The molecule has 1 atom stereocenters. The third-order valence-corrected chi connectivity index (χ3v) is 3.23. The van der Waals surface area contributed by atoms with Gasteiger partial charge < -0.3 is 11.1 Å². The van der Waals surface area contributed by atoms with Crippen LogP contribution in [0.1, 0.15) is 60.7 Å². The highest BCUT2D eigenvalue weighted by atomic mass is 16.2. The zero-order valence-electron chi connectivity index (χ0n) is 12.5. The van der Waals surface area contributed by atoms with Crippen LogP contribution < -0.4 is 11.1 Å². The van der Waals surface area contributed by atoms with E-state index in [-0.39, 0.29) is 11.9 Å². The molecule has 0 fully saturated rings. The number of carbonyl (C=O) groups excluding carboxylic acids is 2. The minimum Gasteiger partial charge on any atom is -0.366 e. The highest BCUT2D eigenvalue weighted by Gasteiger charge is 2.10. The molecule has 1 aromatic carbocycles. The summed E-state index contributed by atoms with van der Waals surface area (Å²) in [6, 6.07) is 6.53. The van der Waals surface area contributed by atoms with Crippen LogP contribution in [0.5, 0.6) is 0 Å². The first-order chi connectivity index (χ1) is 9.40. The fourth-order valence-corrected chi connectivity index (χ4v) is 2.00. The van der Waals surface area contributed by atoms with Crippen molar-refractivity contribution in [2.24, 2.45) is 11.7 Å². The Hall–Kier alpha value is -1.84. The predicted octanol–water partition coefficient (Wildman–Crippen LogP) is 2.73. The molecule has 0 spiro atoms. The topological polar surface area (TPSA) is 72.2 Å². The van der Waals surface area contributed by atoms with Gasteiger partial charge in [0.05, 0.1) is 0 Å². The molecule has 1 rings (SSSR count). The van der Waals surface area contributed by atoms with Crippen molar-refractivity contribution in [3.05, 3.63) is 35.4 Å². The minimum atomic E-state index is -0.487. The number of benzene rings is 1. The highest BCUT2D eigenvalue weighted by Crippen LogP contribution is 2.09. The third kappa shape index (κ3) is 5.43. The van der Waals surface area contributed by atoms with E-state index < -0.39 is 5.91 Å². The van der Waals surface area contributed by atoms with Crippen LogP contribution in [0.4, 0.5) is 0 Å². The summed E-state index contributed by atoms with van der Waals surface area (Å²) in [7, 11) is 0. The molecule has 20 heavy (non-hydrogen) atoms. The Morgan fingerprint density at radius 2 is 1.60 bits per heavy atom. The van der Waals surface area contributed by atoms with Gasteiger partial charge in [-0.1, -0.05) is 26.7 Å². The molecule has 1 aromatic rings. The van der Waals surface area contributed by atoms with E-state index in [1.165, 1.54) is 6.42 Å². The van der Waals surface area contributed by atoms with Crippen molar-refractivity contribution < 1.29 is 9.59 Å². The average Bonchev–Trinajstić information content (AvgIpc) is 2.38. The Bertz CT molecular complexity index is 452. The normalized spacial score (nSPS) is 12.2. The Labute approximate surface area is 120 Å². The molecular weight excluding hydrogens is 252 g/mol. The van der Waals surface area contributed by atoms with Gasteiger partial charge in [-0.3, -0.25) is 9.59 Å². The maximum absolute atomic E-state index is 12.0. The second-order valence-corrected chi connectivity index (χ2v) is 5.64. The van der Waals surface area contributed by atoms with Crippen molar-refractivity contribution in [2.75, 3.05) is 0 Å². The van der Waals surface area contributed by atoms with Gasteiger partial charge in [0.1, 0.15) is 0 Å². The third-order valence-electron chi connectivity index (χ3n) is 3.23. The second-order valence-electron chi connectivity index (χ2n) is 5.64. The molecule has 0 aromatic heterocycles. The molecule has 1 unspecified atom stereocenters. The van der Waals surface area contributed by atoms with Crippen LogP contribution in [-0.2, 0) is 0 Å². The lowest BCUT2D eigenvalue weighted by Gasteiger charge is -2.14. The lowest BCUT2D eigenvalue weighted by molar-refractivity contribution is 0.0935. The molecule has 4 heteroatoms. The maximum atomic E-state index is 12.0. The zero-order valence-corrected chi connectivity index (χ0v) is 12.5. The van der Waals surface area contributed by atoms with Gasteiger partial charge in [0, 0.05) is 17.2 Å². The number of nitrogens with two attached hydrogens (primary N) is 1. The molecule has 4 nitrogen and oxygen atoms in total. The van der Waals surface area contributed by atoms with Gasteiger partial charge in [-0.15, -0.1) is 0 Å². The van der Waals surface area contributed by atoms with Gasteiger partial charge in [-0.2, -0.15) is 0 Å². The summed E-state index contributed by atoms with van der Waals surface area (Å²) < 4.78 is 0. The van der Waals surface area contributed by atoms with E-state index in [0.29, 0.717) is 17.0 Å². The summed E-state index contributed by atoms with van der Waals surface area (Å²) >= 11 is 0. The molecule has 0 aliphatic carbocycles. The second kappa shape index (κ2) is 7.68. The summed E-state index contributed by atoms with van der Waals surface area (Å²) in [4.78, 5) is 23.0. The highest BCUT2D eigenvalue weighted by molar-refractivity contribution is 5.97. The molecule has 0 heterocycles. The number of hydrogen-bond acceptors (Lipinski definition) is 2. The van der Waals surface area contributed by atoms with Crippen LogP contribution in [0.3, 0.4) is 0 Å². The number of amides is 2. The van der Waals surface area contributed by atoms with Crippen LogP contribution in [0.15, 0.2) is 24.3 Å². The molecule has 0 saturated heterocycles. The Morgan fingerprint density at radius 1 is 1.05 bits per heavy atom. The quantitative estimate of drug-likeness (QED) is 0.803. The predicted molar refractivity (Wildman–Crippen MR) is 80.6 cm³/mol.